The Bertz CT molecular complexity index is 371. The van der Waals surface area contributed by atoms with Crippen LogP contribution in [-0.4, -0.2) is 59.5 Å². The van der Waals surface area contributed by atoms with Gasteiger partial charge in [-0.05, 0) is 13.6 Å². The molecule has 2 unspecified atom stereocenters. The molecule has 0 aromatic carbocycles. The minimum atomic E-state index is -3.27. The number of carbonyl (C=O) groups excluding carboxylic acids is 1. The van der Waals surface area contributed by atoms with Gasteiger partial charge in [0.2, 0.25) is 15.9 Å². The van der Waals surface area contributed by atoms with E-state index in [9.17, 15) is 13.2 Å². The van der Waals surface area contributed by atoms with E-state index in [4.69, 9.17) is 4.74 Å². The molecule has 1 fully saturated rings. The van der Waals surface area contributed by atoms with E-state index in [0.717, 1.165) is 6.54 Å². The molecule has 7 nitrogen and oxygen atoms in total. The molecule has 1 saturated heterocycles. The Labute approximate surface area is 108 Å². The Morgan fingerprint density at radius 1 is 1.39 bits per heavy atom. The molecule has 8 heteroatoms. The summed E-state index contributed by atoms with van der Waals surface area (Å²) in [7, 11) is -1.92. The van der Waals surface area contributed by atoms with Crippen molar-refractivity contribution in [3.63, 3.8) is 0 Å². The van der Waals surface area contributed by atoms with Crippen LogP contribution < -0.4 is 15.4 Å². The molecular formula is C10H21N3O4S. The van der Waals surface area contributed by atoms with Gasteiger partial charge in [-0.3, -0.25) is 4.79 Å². The van der Waals surface area contributed by atoms with E-state index in [2.05, 4.69) is 15.4 Å². The Morgan fingerprint density at radius 2 is 2.11 bits per heavy atom. The van der Waals surface area contributed by atoms with Crippen LogP contribution in [0.2, 0.25) is 0 Å². The van der Waals surface area contributed by atoms with Crippen LogP contribution in [0.4, 0.5) is 0 Å². The van der Waals surface area contributed by atoms with Crippen LogP contribution in [0.1, 0.15) is 6.92 Å². The zero-order chi connectivity index (χ0) is 13.6. The van der Waals surface area contributed by atoms with Crippen LogP contribution in [0.15, 0.2) is 0 Å². The van der Waals surface area contributed by atoms with Crippen LogP contribution in [0, 0.1) is 5.92 Å². The average Bonchev–Trinajstić information content (AvgIpc) is 2.77. The Hall–Kier alpha value is -0.700. The molecule has 0 aliphatic carbocycles. The molecule has 2 atom stereocenters. The number of hydrogen-bond donors (Lipinski definition) is 3. The molecule has 0 radical (unpaired) electrons. The molecule has 1 aliphatic heterocycles. The lowest BCUT2D eigenvalue weighted by Gasteiger charge is -2.17. The van der Waals surface area contributed by atoms with E-state index >= 15 is 0 Å². The smallest absolute Gasteiger partial charge is 0.227 e. The SMILES string of the molecule is CCNC1COCC1C(=O)NCCS(=O)(=O)NC. The number of ether oxygens (including phenoxy) is 1. The maximum Gasteiger partial charge on any atom is 0.227 e. The van der Waals surface area contributed by atoms with Crippen LogP contribution in [0.25, 0.3) is 0 Å². The minimum absolute atomic E-state index is 0.0101. The summed E-state index contributed by atoms with van der Waals surface area (Å²) in [6, 6.07) is 0.0101. The molecule has 0 bridgehead atoms. The summed E-state index contributed by atoms with van der Waals surface area (Å²) in [6.07, 6.45) is 0. The first kappa shape index (κ1) is 15.4. The van der Waals surface area contributed by atoms with Crippen molar-refractivity contribution in [1.82, 2.24) is 15.4 Å². The monoisotopic (exact) mass is 279 g/mol. The molecule has 3 N–H and O–H groups in total. The third kappa shape index (κ3) is 4.52. The van der Waals surface area contributed by atoms with E-state index in [1.807, 2.05) is 6.92 Å². The molecule has 106 valence electrons. The number of amides is 1. The van der Waals surface area contributed by atoms with Crippen molar-refractivity contribution in [2.24, 2.45) is 5.92 Å². The predicted molar refractivity (Wildman–Crippen MR) is 67.6 cm³/mol. The van der Waals surface area contributed by atoms with Crippen molar-refractivity contribution in [3.8, 4) is 0 Å². The van der Waals surface area contributed by atoms with Gasteiger partial charge in [-0.25, -0.2) is 13.1 Å². The van der Waals surface area contributed by atoms with Gasteiger partial charge in [-0.2, -0.15) is 0 Å². The second-order valence-electron chi connectivity index (χ2n) is 4.12. The molecular weight excluding hydrogens is 258 g/mol. The molecule has 1 amide bonds. The minimum Gasteiger partial charge on any atom is -0.379 e. The van der Waals surface area contributed by atoms with Gasteiger partial charge in [-0.15, -0.1) is 0 Å². The Morgan fingerprint density at radius 3 is 2.72 bits per heavy atom. The summed E-state index contributed by atoms with van der Waals surface area (Å²) in [5.74, 6) is -0.527. The van der Waals surface area contributed by atoms with Crippen molar-refractivity contribution in [2.45, 2.75) is 13.0 Å². The van der Waals surface area contributed by atoms with Crippen molar-refractivity contribution in [2.75, 3.05) is 39.1 Å². The first-order valence-corrected chi connectivity index (χ1v) is 7.65. The van der Waals surface area contributed by atoms with Crippen LogP contribution in [-0.2, 0) is 19.6 Å². The number of likely N-dealkylation sites (N-methyl/N-ethyl adjacent to an activating group) is 1. The van der Waals surface area contributed by atoms with Gasteiger partial charge >= 0.3 is 0 Å². The van der Waals surface area contributed by atoms with Gasteiger partial charge in [0, 0.05) is 12.6 Å². The standard InChI is InChI=1S/C10H21N3O4S/c1-3-12-9-7-17-6-8(9)10(14)13-4-5-18(15,16)11-2/h8-9,11-12H,3-7H2,1-2H3,(H,13,14). The number of sulfonamides is 1. The highest BCUT2D eigenvalue weighted by Gasteiger charge is 2.33. The predicted octanol–water partition coefficient (Wildman–Crippen LogP) is -1.72. The van der Waals surface area contributed by atoms with E-state index in [-0.39, 0.29) is 30.2 Å². The zero-order valence-electron chi connectivity index (χ0n) is 10.7. The highest BCUT2D eigenvalue weighted by molar-refractivity contribution is 7.89. The molecule has 0 aromatic rings. The quantitative estimate of drug-likeness (QED) is 0.515. The van der Waals surface area contributed by atoms with Gasteiger partial charge in [0.05, 0.1) is 24.9 Å². The van der Waals surface area contributed by atoms with Gasteiger partial charge in [0.15, 0.2) is 0 Å². The van der Waals surface area contributed by atoms with Gasteiger partial charge in [0.25, 0.3) is 0 Å². The van der Waals surface area contributed by atoms with Crippen molar-refractivity contribution in [1.29, 1.82) is 0 Å². The summed E-state index contributed by atoms with van der Waals surface area (Å²) >= 11 is 0. The fourth-order valence-corrected chi connectivity index (χ4v) is 2.39. The second kappa shape index (κ2) is 7.03. The molecule has 0 spiro atoms. The number of nitrogens with one attached hydrogen (secondary N) is 3. The molecule has 0 aromatic heterocycles. The highest BCUT2D eigenvalue weighted by atomic mass is 32.2. The molecule has 1 aliphatic rings. The first-order valence-electron chi connectivity index (χ1n) is 6.00. The van der Waals surface area contributed by atoms with Crippen LogP contribution >= 0.6 is 0 Å². The largest absolute Gasteiger partial charge is 0.379 e. The van der Waals surface area contributed by atoms with Gasteiger partial charge in [-0.1, -0.05) is 6.92 Å². The summed E-state index contributed by atoms with van der Waals surface area (Å²) in [6.45, 7) is 3.74. The maximum absolute atomic E-state index is 11.9. The zero-order valence-corrected chi connectivity index (χ0v) is 11.5. The van der Waals surface area contributed by atoms with E-state index in [1.54, 1.807) is 0 Å². The summed E-state index contributed by atoms with van der Waals surface area (Å²) in [5, 5.41) is 5.80. The highest BCUT2D eigenvalue weighted by Crippen LogP contribution is 2.13. The average molecular weight is 279 g/mol. The lowest BCUT2D eigenvalue weighted by atomic mass is 10.0. The van der Waals surface area contributed by atoms with Crippen molar-refractivity contribution in [3.05, 3.63) is 0 Å². The third-order valence-electron chi connectivity index (χ3n) is 2.86. The third-order valence-corrected chi connectivity index (χ3v) is 4.23. The molecule has 0 saturated carbocycles. The fraction of sp³-hybridized carbons (Fsp3) is 0.900. The van der Waals surface area contributed by atoms with Crippen LogP contribution in [0.3, 0.4) is 0 Å². The number of carbonyl (C=O) groups is 1. The lowest BCUT2D eigenvalue weighted by molar-refractivity contribution is -0.125. The summed E-state index contributed by atoms with van der Waals surface area (Å²) in [5.41, 5.74) is 0. The maximum atomic E-state index is 11.9. The summed E-state index contributed by atoms with van der Waals surface area (Å²) < 4.78 is 29.8. The van der Waals surface area contributed by atoms with E-state index in [1.165, 1.54) is 7.05 Å². The number of rotatable bonds is 7. The topological polar surface area (TPSA) is 96.5 Å². The van der Waals surface area contributed by atoms with Gasteiger partial charge < -0.3 is 15.4 Å². The second-order valence-corrected chi connectivity index (χ2v) is 6.17. The molecule has 18 heavy (non-hydrogen) atoms. The molecule has 1 heterocycles. The van der Waals surface area contributed by atoms with E-state index in [0.29, 0.717) is 13.2 Å². The van der Waals surface area contributed by atoms with Crippen molar-refractivity contribution >= 4 is 15.9 Å². The van der Waals surface area contributed by atoms with Gasteiger partial charge in [0.1, 0.15) is 0 Å². The lowest BCUT2D eigenvalue weighted by Crippen LogP contribution is -2.45. The fourth-order valence-electron chi connectivity index (χ4n) is 1.82. The normalized spacial score (nSPS) is 24.1. The van der Waals surface area contributed by atoms with E-state index < -0.39 is 10.0 Å². The van der Waals surface area contributed by atoms with Crippen molar-refractivity contribution < 1.29 is 17.9 Å². The molecule has 1 rings (SSSR count). The van der Waals surface area contributed by atoms with Crippen LogP contribution in [0.5, 0.6) is 0 Å². The number of hydrogen-bond acceptors (Lipinski definition) is 5. The first-order chi connectivity index (χ1) is 8.50. The summed E-state index contributed by atoms with van der Waals surface area (Å²) in [4.78, 5) is 11.9. The Balaban J connectivity index is 2.36. The Kier molecular flexibility index (Phi) is 6.00.